The van der Waals surface area contributed by atoms with Gasteiger partial charge in [-0.1, -0.05) is 30.3 Å². The minimum absolute atomic E-state index is 0.0656. The van der Waals surface area contributed by atoms with E-state index in [1.54, 1.807) is 30.9 Å². The molecule has 0 fully saturated rings. The van der Waals surface area contributed by atoms with E-state index in [-0.39, 0.29) is 12.5 Å². The van der Waals surface area contributed by atoms with Crippen LogP contribution in [0.2, 0.25) is 0 Å². The van der Waals surface area contributed by atoms with Gasteiger partial charge >= 0.3 is 0 Å². The van der Waals surface area contributed by atoms with Crippen LogP contribution >= 0.6 is 0 Å². The van der Waals surface area contributed by atoms with E-state index in [2.05, 4.69) is 32.6 Å². The van der Waals surface area contributed by atoms with Crippen molar-refractivity contribution in [3.8, 4) is 5.75 Å². The Morgan fingerprint density at radius 3 is 2.84 bits per heavy atom. The van der Waals surface area contributed by atoms with Gasteiger partial charge in [0.2, 0.25) is 0 Å². The van der Waals surface area contributed by atoms with Gasteiger partial charge in [-0.15, -0.1) is 10.2 Å². The summed E-state index contributed by atoms with van der Waals surface area (Å²) in [6, 6.07) is 13.7. The molecule has 0 saturated heterocycles. The third kappa shape index (κ3) is 5.13. The number of nitrogens with one attached hydrogen (secondary N) is 1. The van der Waals surface area contributed by atoms with Crippen molar-refractivity contribution in [1.29, 1.82) is 0 Å². The van der Waals surface area contributed by atoms with Crippen LogP contribution < -0.4 is 10.1 Å². The van der Waals surface area contributed by atoms with Gasteiger partial charge in [0.05, 0.1) is 12.7 Å². The molecular weight excluding hydrogens is 318 g/mol. The van der Waals surface area contributed by atoms with Crippen LogP contribution in [0, 0.1) is 0 Å². The lowest BCUT2D eigenvalue weighted by Crippen LogP contribution is -2.29. The lowest BCUT2D eigenvalue weighted by molar-refractivity contribution is -0.123. The fourth-order valence-electron chi connectivity index (χ4n) is 2.31. The summed E-state index contributed by atoms with van der Waals surface area (Å²) in [6.07, 6.45) is 5.77. The highest BCUT2D eigenvalue weighted by atomic mass is 16.5. The van der Waals surface area contributed by atoms with E-state index in [0.29, 0.717) is 18.1 Å². The SMILES string of the molecule is O=C(COc1cccnc1)NCc1nncn1CCc1ccccc1. The van der Waals surface area contributed by atoms with Crippen LogP contribution in [-0.4, -0.2) is 32.3 Å². The predicted octanol–water partition coefficient (Wildman–Crippen LogP) is 1.61. The van der Waals surface area contributed by atoms with Crippen molar-refractivity contribution in [3.05, 3.63) is 72.6 Å². The van der Waals surface area contributed by atoms with Gasteiger partial charge in [-0.3, -0.25) is 9.78 Å². The van der Waals surface area contributed by atoms with Crippen molar-refractivity contribution >= 4 is 5.91 Å². The molecule has 1 aromatic carbocycles. The number of amides is 1. The van der Waals surface area contributed by atoms with Gasteiger partial charge in [0.25, 0.3) is 5.91 Å². The number of aromatic nitrogens is 4. The molecule has 0 aliphatic carbocycles. The first-order chi connectivity index (χ1) is 12.3. The maximum atomic E-state index is 11.9. The lowest BCUT2D eigenvalue weighted by Gasteiger charge is -2.09. The predicted molar refractivity (Wildman–Crippen MR) is 91.7 cm³/mol. The first-order valence-electron chi connectivity index (χ1n) is 8.01. The first-order valence-corrected chi connectivity index (χ1v) is 8.01. The van der Waals surface area contributed by atoms with E-state index in [4.69, 9.17) is 4.74 Å². The summed E-state index contributed by atoms with van der Waals surface area (Å²) < 4.78 is 7.30. The van der Waals surface area contributed by atoms with Gasteiger partial charge in [0.15, 0.2) is 12.4 Å². The minimum atomic E-state index is -0.221. The molecule has 1 amide bonds. The van der Waals surface area contributed by atoms with Crippen LogP contribution in [0.4, 0.5) is 0 Å². The second-order valence-corrected chi connectivity index (χ2v) is 5.43. The molecule has 0 spiro atoms. The molecule has 0 atom stereocenters. The van der Waals surface area contributed by atoms with Gasteiger partial charge in [0.1, 0.15) is 12.1 Å². The third-order valence-electron chi connectivity index (χ3n) is 3.63. The molecule has 3 aromatic rings. The standard InChI is InChI=1S/C18H19N5O2/c24-18(13-25-16-7-4-9-19-11-16)20-12-17-22-21-14-23(17)10-8-15-5-2-1-3-6-15/h1-7,9,11,14H,8,10,12-13H2,(H,20,24). The van der Waals surface area contributed by atoms with Crippen LogP contribution in [0.3, 0.4) is 0 Å². The second-order valence-electron chi connectivity index (χ2n) is 5.43. The Labute approximate surface area is 145 Å². The van der Waals surface area contributed by atoms with E-state index >= 15 is 0 Å². The monoisotopic (exact) mass is 337 g/mol. The molecule has 7 nitrogen and oxygen atoms in total. The molecule has 0 radical (unpaired) electrons. The molecule has 128 valence electrons. The van der Waals surface area contributed by atoms with Gasteiger partial charge in [-0.2, -0.15) is 0 Å². The van der Waals surface area contributed by atoms with Crippen molar-refractivity contribution in [2.75, 3.05) is 6.61 Å². The smallest absolute Gasteiger partial charge is 0.258 e. The zero-order valence-corrected chi connectivity index (χ0v) is 13.7. The number of hydrogen-bond donors (Lipinski definition) is 1. The zero-order chi connectivity index (χ0) is 17.3. The fourth-order valence-corrected chi connectivity index (χ4v) is 2.31. The topological polar surface area (TPSA) is 81.9 Å². The second kappa shape index (κ2) is 8.58. The molecule has 2 heterocycles. The number of nitrogens with zero attached hydrogens (tertiary/aromatic N) is 4. The molecule has 2 aromatic heterocycles. The molecule has 0 aliphatic heterocycles. The Morgan fingerprint density at radius 1 is 1.16 bits per heavy atom. The molecule has 1 N–H and O–H groups in total. The summed E-state index contributed by atoms with van der Waals surface area (Å²) in [7, 11) is 0. The van der Waals surface area contributed by atoms with E-state index in [9.17, 15) is 4.79 Å². The van der Waals surface area contributed by atoms with Crippen molar-refractivity contribution < 1.29 is 9.53 Å². The maximum absolute atomic E-state index is 11.9. The number of carbonyl (C=O) groups is 1. The fraction of sp³-hybridized carbons (Fsp3) is 0.222. The molecule has 7 heteroatoms. The molecule has 0 aliphatic rings. The average molecular weight is 337 g/mol. The number of ether oxygens (including phenoxy) is 1. The van der Waals surface area contributed by atoms with Crippen LogP contribution in [0.25, 0.3) is 0 Å². The number of aryl methyl sites for hydroxylation is 2. The molecule has 3 rings (SSSR count). The van der Waals surface area contributed by atoms with E-state index in [1.165, 1.54) is 5.56 Å². The molecule has 25 heavy (non-hydrogen) atoms. The van der Waals surface area contributed by atoms with Crippen molar-refractivity contribution in [2.45, 2.75) is 19.5 Å². The Balaban J connectivity index is 1.45. The van der Waals surface area contributed by atoms with Gasteiger partial charge in [-0.25, -0.2) is 0 Å². The Kier molecular flexibility index (Phi) is 5.71. The minimum Gasteiger partial charge on any atom is -0.482 e. The summed E-state index contributed by atoms with van der Waals surface area (Å²) in [5.74, 6) is 1.05. The van der Waals surface area contributed by atoms with Gasteiger partial charge in [0, 0.05) is 12.7 Å². The quantitative estimate of drug-likeness (QED) is 0.675. The largest absolute Gasteiger partial charge is 0.482 e. The average Bonchev–Trinajstić information content (AvgIpc) is 3.12. The highest BCUT2D eigenvalue weighted by molar-refractivity contribution is 5.77. The summed E-state index contributed by atoms with van der Waals surface area (Å²) in [5, 5.41) is 10.8. The summed E-state index contributed by atoms with van der Waals surface area (Å²) in [4.78, 5) is 15.8. The first kappa shape index (κ1) is 16.6. The third-order valence-corrected chi connectivity index (χ3v) is 3.63. The molecule has 0 unspecified atom stereocenters. The lowest BCUT2D eigenvalue weighted by atomic mass is 10.1. The zero-order valence-electron chi connectivity index (χ0n) is 13.7. The van der Waals surface area contributed by atoms with Crippen molar-refractivity contribution in [3.63, 3.8) is 0 Å². The van der Waals surface area contributed by atoms with Gasteiger partial charge < -0.3 is 14.6 Å². The normalized spacial score (nSPS) is 10.4. The molecular formula is C18H19N5O2. The Hall–Kier alpha value is -3.22. The van der Waals surface area contributed by atoms with E-state index in [1.807, 2.05) is 22.8 Å². The highest BCUT2D eigenvalue weighted by Gasteiger charge is 2.08. The van der Waals surface area contributed by atoms with Gasteiger partial charge in [-0.05, 0) is 24.1 Å². The molecule has 0 saturated carbocycles. The van der Waals surface area contributed by atoms with Crippen molar-refractivity contribution in [2.24, 2.45) is 0 Å². The maximum Gasteiger partial charge on any atom is 0.258 e. The summed E-state index contributed by atoms with van der Waals surface area (Å²) in [5.41, 5.74) is 1.25. The number of benzene rings is 1. The van der Waals surface area contributed by atoms with Crippen LogP contribution in [0.15, 0.2) is 61.2 Å². The van der Waals surface area contributed by atoms with Crippen LogP contribution in [0.5, 0.6) is 5.75 Å². The molecule has 0 bridgehead atoms. The van der Waals surface area contributed by atoms with E-state index in [0.717, 1.165) is 13.0 Å². The summed E-state index contributed by atoms with van der Waals surface area (Å²) in [6.45, 7) is 1.00. The number of carbonyl (C=O) groups excluding carboxylic acids is 1. The number of rotatable bonds is 8. The van der Waals surface area contributed by atoms with E-state index < -0.39 is 0 Å². The summed E-state index contributed by atoms with van der Waals surface area (Å²) >= 11 is 0. The van der Waals surface area contributed by atoms with Crippen molar-refractivity contribution in [1.82, 2.24) is 25.1 Å². The number of pyridine rings is 1. The Morgan fingerprint density at radius 2 is 2.04 bits per heavy atom. The Bertz CT molecular complexity index is 789. The van der Waals surface area contributed by atoms with Crippen LogP contribution in [-0.2, 0) is 24.3 Å². The number of hydrogen-bond acceptors (Lipinski definition) is 5. The highest BCUT2D eigenvalue weighted by Crippen LogP contribution is 2.06. The van der Waals surface area contributed by atoms with Crippen LogP contribution in [0.1, 0.15) is 11.4 Å².